The number of halogens is 1. The summed E-state index contributed by atoms with van der Waals surface area (Å²) in [4.78, 5) is 10.9. The van der Waals surface area contributed by atoms with Gasteiger partial charge in [-0.3, -0.25) is 10.1 Å². The second-order valence-corrected chi connectivity index (χ2v) is 7.06. The number of methoxy groups -OCH3 is 2. The van der Waals surface area contributed by atoms with Gasteiger partial charge in [0.1, 0.15) is 6.61 Å². The molecular formula is C20H22ClNO5. The Morgan fingerprint density at radius 3 is 2.67 bits per heavy atom. The largest absolute Gasteiger partial charge is 0.486 e. The van der Waals surface area contributed by atoms with Crippen LogP contribution in [0.3, 0.4) is 0 Å². The quantitative estimate of drug-likeness (QED) is 0.394. The molecule has 0 aromatic heterocycles. The highest BCUT2D eigenvalue weighted by Gasteiger charge is 2.45. The molecule has 1 atom stereocenters. The van der Waals surface area contributed by atoms with E-state index in [1.54, 1.807) is 32.4 Å². The first-order valence-electron chi connectivity index (χ1n) is 8.72. The summed E-state index contributed by atoms with van der Waals surface area (Å²) in [6.45, 7) is 0.193. The van der Waals surface area contributed by atoms with E-state index in [-0.39, 0.29) is 18.0 Å². The van der Waals surface area contributed by atoms with E-state index < -0.39 is 16.6 Å². The van der Waals surface area contributed by atoms with Crippen LogP contribution in [-0.4, -0.2) is 32.0 Å². The minimum atomic E-state index is -0.592. The molecule has 0 saturated carbocycles. The van der Waals surface area contributed by atoms with Crippen molar-refractivity contribution >= 4 is 17.3 Å². The lowest BCUT2D eigenvalue weighted by atomic mass is 9.69. The minimum absolute atomic E-state index is 0.0637. The minimum Gasteiger partial charge on any atom is -0.486 e. The van der Waals surface area contributed by atoms with E-state index in [0.29, 0.717) is 5.02 Å². The molecule has 0 spiro atoms. The molecule has 144 valence electrons. The van der Waals surface area contributed by atoms with Gasteiger partial charge in [0.15, 0.2) is 12.0 Å². The molecule has 0 aliphatic heterocycles. The van der Waals surface area contributed by atoms with Crippen molar-refractivity contribution in [2.24, 2.45) is 0 Å². The molecule has 7 heteroatoms. The van der Waals surface area contributed by atoms with E-state index in [2.05, 4.69) is 0 Å². The molecule has 27 heavy (non-hydrogen) atoms. The van der Waals surface area contributed by atoms with Crippen LogP contribution in [0.15, 0.2) is 42.5 Å². The number of rotatable bonds is 7. The summed E-state index contributed by atoms with van der Waals surface area (Å²) in [6, 6.07) is 12.1. The van der Waals surface area contributed by atoms with Crippen molar-refractivity contribution in [3.8, 4) is 5.75 Å². The summed E-state index contributed by atoms with van der Waals surface area (Å²) < 4.78 is 17.2. The Hall–Kier alpha value is -2.15. The molecule has 0 amide bonds. The van der Waals surface area contributed by atoms with Crippen molar-refractivity contribution in [3.05, 3.63) is 68.7 Å². The maximum absolute atomic E-state index is 11.3. The molecule has 0 fully saturated rings. The predicted molar refractivity (Wildman–Crippen MR) is 102 cm³/mol. The highest BCUT2D eigenvalue weighted by molar-refractivity contribution is 6.30. The number of ether oxygens (including phenoxy) is 3. The number of benzene rings is 2. The second-order valence-electron chi connectivity index (χ2n) is 6.63. The van der Waals surface area contributed by atoms with Crippen LogP contribution in [0.25, 0.3) is 0 Å². The van der Waals surface area contributed by atoms with Crippen LogP contribution in [0.5, 0.6) is 5.75 Å². The first kappa shape index (κ1) is 19.6. The molecule has 1 aliphatic rings. The molecule has 2 aromatic carbocycles. The van der Waals surface area contributed by atoms with Crippen molar-refractivity contribution in [2.75, 3.05) is 20.8 Å². The topological polar surface area (TPSA) is 70.8 Å². The Morgan fingerprint density at radius 1 is 1.22 bits per heavy atom. The van der Waals surface area contributed by atoms with Gasteiger partial charge in [-0.1, -0.05) is 29.8 Å². The lowest BCUT2D eigenvalue weighted by molar-refractivity contribution is -0.386. The van der Waals surface area contributed by atoms with Gasteiger partial charge in [0.05, 0.1) is 10.3 Å². The first-order chi connectivity index (χ1) is 13.0. The van der Waals surface area contributed by atoms with E-state index in [1.165, 1.54) is 6.07 Å². The monoisotopic (exact) mass is 391 g/mol. The number of para-hydroxylation sites is 2. The molecule has 0 unspecified atom stereocenters. The maximum Gasteiger partial charge on any atom is 0.310 e. The predicted octanol–water partition coefficient (Wildman–Crippen LogP) is 4.52. The van der Waals surface area contributed by atoms with Crippen molar-refractivity contribution < 1.29 is 19.1 Å². The molecule has 0 heterocycles. The van der Waals surface area contributed by atoms with Crippen LogP contribution in [0.2, 0.25) is 5.02 Å². The second kappa shape index (κ2) is 8.25. The number of fused-ring (bicyclic) bond motifs is 1. The molecule has 2 aromatic rings. The summed E-state index contributed by atoms with van der Waals surface area (Å²) >= 11 is 6.18. The molecule has 6 nitrogen and oxygen atoms in total. The summed E-state index contributed by atoms with van der Waals surface area (Å²) in [6.07, 6.45) is 2.04. The normalized spacial score (nSPS) is 19.0. The fourth-order valence-corrected chi connectivity index (χ4v) is 4.13. The maximum atomic E-state index is 11.3. The average molecular weight is 392 g/mol. The van der Waals surface area contributed by atoms with Crippen molar-refractivity contribution in [2.45, 2.75) is 31.0 Å². The van der Waals surface area contributed by atoms with Gasteiger partial charge in [-0.15, -0.1) is 0 Å². The number of aryl methyl sites for hydroxylation is 1. The number of hydrogen-bond donors (Lipinski definition) is 0. The Kier molecular flexibility index (Phi) is 5.99. The van der Waals surface area contributed by atoms with Gasteiger partial charge in [-0.2, -0.15) is 0 Å². The smallest absolute Gasteiger partial charge is 0.310 e. The molecule has 1 aliphatic carbocycles. The zero-order valence-electron chi connectivity index (χ0n) is 15.3. The van der Waals surface area contributed by atoms with E-state index >= 15 is 0 Å². The van der Waals surface area contributed by atoms with Crippen molar-refractivity contribution in [3.63, 3.8) is 0 Å². The van der Waals surface area contributed by atoms with Crippen LogP contribution in [0, 0.1) is 10.1 Å². The van der Waals surface area contributed by atoms with Gasteiger partial charge in [0.2, 0.25) is 0 Å². The van der Waals surface area contributed by atoms with Crippen LogP contribution in [0.1, 0.15) is 24.0 Å². The zero-order valence-corrected chi connectivity index (χ0v) is 16.1. The van der Waals surface area contributed by atoms with Crippen LogP contribution in [0.4, 0.5) is 5.69 Å². The van der Waals surface area contributed by atoms with Gasteiger partial charge in [0.25, 0.3) is 0 Å². The molecule has 3 rings (SSSR count). The highest BCUT2D eigenvalue weighted by atomic mass is 35.5. The molecule has 0 bridgehead atoms. The van der Waals surface area contributed by atoms with Crippen LogP contribution in [-0.2, 0) is 21.3 Å². The number of hydrogen-bond acceptors (Lipinski definition) is 5. The summed E-state index contributed by atoms with van der Waals surface area (Å²) in [5.74, 6) is 0.230. The van der Waals surface area contributed by atoms with Gasteiger partial charge < -0.3 is 14.2 Å². The van der Waals surface area contributed by atoms with Crippen molar-refractivity contribution in [1.82, 2.24) is 0 Å². The highest BCUT2D eigenvalue weighted by Crippen LogP contribution is 2.43. The zero-order chi connectivity index (χ0) is 19.4. The molecular weight excluding hydrogens is 370 g/mol. The van der Waals surface area contributed by atoms with Gasteiger partial charge >= 0.3 is 5.69 Å². The first-order valence-corrected chi connectivity index (χ1v) is 9.10. The molecule has 0 saturated heterocycles. The summed E-state index contributed by atoms with van der Waals surface area (Å²) in [5, 5.41) is 12.0. The Labute approximate surface area is 163 Å². The Bertz CT molecular complexity index is 824. The van der Waals surface area contributed by atoms with Crippen LogP contribution >= 0.6 is 11.6 Å². The van der Waals surface area contributed by atoms with Crippen LogP contribution < -0.4 is 4.74 Å². The van der Waals surface area contributed by atoms with Gasteiger partial charge in [-0.05, 0) is 48.6 Å². The Balaban J connectivity index is 2.01. The fourth-order valence-electron chi connectivity index (χ4n) is 3.93. The SMILES string of the molecule is COC(OC)[C@]1(COc2ccccc2[N+](=O)[O-])CCCc2cc(Cl)ccc21. The molecule has 0 radical (unpaired) electrons. The van der Waals surface area contributed by atoms with E-state index in [4.69, 9.17) is 25.8 Å². The van der Waals surface area contributed by atoms with Crippen molar-refractivity contribution in [1.29, 1.82) is 0 Å². The lowest BCUT2D eigenvalue weighted by Gasteiger charge is -2.42. The standard InChI is InChI=1S/C20H22ClNO5/c1-25-19(26-2)20(11-5-6-14-12-15(21)9-10-16(14)20)13-27-18-8-4-3-7-17(18)22(23)24/h3-4,7-10,12,19H,5-6,11,13H2,1-2H3/t20-/m0/s1. The van der Waals surface area contributed by atoms with E-state index in [0.717, 1.165) is 30.4 Å². The Morgan fingerprint density at radius 2 is 1.96 bits per heavy atom. The number of nitro groups is 1. The van der Waals surface area contributed by atoms with E-state index in [1.807, 2.05) is 18.2 Å². The third-order valence-corrected chi connectivity index (χ3v) is 5.33. The number of nitro benzene ring substituents is 1. The lowest BCUT2D eigenvalue weighted by Crippen LogP contribution is -2.49. The molecule has 0 N–H and O–H groups in total. The average Bonchev–Trinajstić information content (AvgIpc) is 2.67. The van der Waals surface area contributed by atoms with E-state index in [9.17, 15) is 10.1 Å². The van der Waals surface area contributed by atoms with Gasteiger partial charge in [0, 0.05) is 25.3 Å². The van der Waals surface area contributed by atoms with Gasteiger partial charge in [-0.25, -0.2) is 0 Å². The summed E-state index contributed by atoms with van der Waals surface area (Å²) in [5.41, 5.74) is 1.52. The fraction of sp³-hybridized carbons (Fsp3) is 0.400. The third kappa shape index (κ3) is 3.78. The third-order valence-electron chi connectivity index (χ3n) is 5.10. The summed E-state index contributed by atoms with van der Waals surface area (Å²) in [7, 11) is 3.18. The number of nitrogens with zero attached hydrogens (tertiary/aromatic N) is 1.